The number of carbonyl (C=O) groups excluding carboxylic acids is 1. The van der Waals surface area contributed by atoms with Crippen LogP contribution in [0.5, 0.6) is 0 Å². The third-order valence-corrected chi connectivity index (χ3v) is 3.68. The number of carbonyl (C=O) groups is 1. The third-order valence-electron chi connectivity index (χ3n) is 3.68. The smallest absolute Gasteiger partial charge is 0.270 e. The summed E-state index contributed by atoms with van der Waals surface area (Å²) >= 11 is 0. The number of aliphatic hydroxyl groups excluding tert-OH is 1. The number of nitrogens with zero attached hydrogens (tertiary/aromatic N) is 3. The maximum atomic E-state index is 12.4. The molecule has 8 heteroatoms. The van der Waals surface area contributed by atoms with Gasteiger partial charge >= 0.3 is 0 Å². The number of rotatable bonds is 6. The Morgan fingerprint density at radius 3 is 3.00 bits per heavy atom. The highest BCUT2D eigenvalue weighted by Crippen LogP contribution is 2.21. The Hall–Kier alpha value is -3.26. The van der Waals surface area contributed by atoms with Crippen molar-refractivity contribution in [3.8, 4) is 0 Å². The van der Waals surface area contributed by atoms with Crippen LogP contribution in [0.4, 0.5) is 11.6 Å². The molecule has 0 atom stereocenters. The molecule has 1 heterocycles. The lowest BCUT2D eigenvalue weighted by Crippen LogP contribution is -2.16. The number of nitro groups is 1. The average Bonchev–Trinajstić information content (AvgIpc) is 2.97. The number of anilines is 1. The standard InChI is InChI=1S/C17H15N4O4/c22-10-4-9-20-15-8-2-1-7-14(15)18-17(20)19-16(23)12-5-3-6-13(11-12)21(24)25/h2-3,5-8,11,22H,4,9-10H2,(H,18,19,23). The van der Waals surface area contributed by atoms with E-state index in [1.807, 2.05) is 6.07 Å². The number of aryl methyl sites for hydroxylation is 1. The molecule has 0 aliphatic rings. The fourth-order valence-corrected chi connectivity index (χ4v) is 2.50. The Bertz CT molecular complexity index is 935. The highest BCUT2D eigenvalue weighted by Gasteiger charge is 2.16. The van der Waals surface area contributed by atoms with Gasteiger partial charge in [0.1, 0.15) is 0 Å². The highest BCUT2D eigenvalue weighted by atomic mass is 16.6. The fraction of sp³-hybridized carbons (Fsp3) is 0.176. The lowest BCUT2D eigenvalue weighted by Gasteiger charge is -2.09. The first kappa shape index (κ1) is 16.6. The molecule has 1 radical (unpaired) electrons. The van der Waals surface area contributed by atoms with Crippen molar-refractivity contribution in [1.29, 1.82) is 0 Å². The van der Waals surface area contributed by atoms with E-state index in [1.165, 1.54) is 24.3 Å². The molecule has 0 aliphatic heterocycles. The van der Waals surface area contributed by atoms with Crippen LogP contribution < -0.4 is 5.32 Å². The van der Waals surface area contributed by atoms with E-state index >= 15 is 0 Å². The van der Waals surface area contributed by atoms with Gasteiger partial charge in [0.2, 0.25) is 5.95 Å². The minimum absolute atomic E-state index is 0.0108. The number of hydrogen-bond donors (Lipinski definition) is 2. The molecule has 0 bridgehead atoms. The minimum Gasteiger partial charge on any atom is -0.396 e. The van der Waals surface area contributed by atoms with Crippen LogP contribution in [0.1, 0.15) is 16.8 Å². The molecule has 2 aromatic carbocycles. The van der Waals surface area contributed by atoms with E-state index in [1.54, 1.807) is 16.7 Å². The predicted molar refractivity (Wildman–Crippen MR) is 91.3 cm³/mol. The maximum Gasteiger partial charge on any atom is 0.270 e. The van der Waals surface area contributed by atoms with Gasteiger partial charge in [-0.15, -0.1) is 0 Å². The SMILES string of the molecule is O=C(Nc1nc2c[c]ccc2n1CCCO)c1cccc([N+](=O)[O-])c1. The Balaban J connectivity index is 1.92. The Labute approximate surface area is 142 Å². The number of nitrogens with one attached hydrogen (secondary N) is 1. The zero-order valence-corrected chi connectivity index (χ0v) is 13.2. The molecule has 8 nitrogen and oxygen atoms in total. The highest BCUT2D eigenvalue weighted by molar-refractivity contribution is 6.04. The molecule has 2 N–H and O–H groups in total. The summed E-state index contributed by atoms with van der Waals surface area (Å²) in [4.78, 5) is 27.1. The van der Waals surface area contributed by atoms with Crippen LogP contribution in [0.25, 0.3) is 11.0 Å². The van der Waals surface area contributed by atoms with Crippen molar-refractivity contribution >= 4 is 28.6 Å². The number of non-ortho nitro benzene ring substituents is 1. The van der Waals surface area contributed by atoms with Crippen LogP contribution in [-0.4, -0.2) is 32.1 Å². The van der Waals surface area contributed by atoms with Crippen LogP contribution in [0.15, 0.2) is 42.5 Å². The number of nitro benzene ring substituents is 1. The lowest BCUT2D eigenvalue weighted by molar-refractivity contribution is -0.384. The summed E-state index contributed by atoms with van der Waals surface area (Å²) in [6.07, 6.45) is 0.504. The molecular weight excluding hydrogens is 324 g/mol. The van der Waals surface area contributed by atoms with E-state index < -0.39 is 10.8 Å². The van der Waals surface area contributed by atoms with Gasteiger partial charge in [0.25, 0.3) is 11.6 Å². The maximum absolute atomic E-state index is 12.4. The molecule has 0 saturated heterocycles. The van der Waals surface area contributed by atoms with E-state index in [2.05, 4.69) is 16.4 Å². The van der Waals surface area contributed by atoms with Gasteiger partial charge in [0.15, 0.2) is 0 Å². The Morgan fingerprint density at radius 2 is 2.24 bits per heavy atom. The van der Waals surface area contributed by atoms with Crippen LogP contribution in [0, 0.1) is 16.2 Å². The summed E-state index contributed by atoms with van der Waals surface area (Å²) in [5.74, 6) is -0.173. The first-order chi connectivity index (χ1) is 12.1. The van der Waals surface area contributed by atoms with Crippen molar-refractivity contribution in [3.63, 3.8) is 0 Å². The molecular formula is C17H15N4O4. The summed E-state index contributed by atoms with van der Waals surface area (Å²) in [5.41, 5.74) is 1.48. The molecule has 1 amide bonds. The molecule has 0 unspecified atom stereocenters. The number of imidazole rings is 1. The number of fused-ring (bicyclic) bond motifs is 1. The van der Waals surface area contributed by atoms with Crippen LogP contribution in [0.3, 0.4) is 0 Å². The minimum atomic E-state index is -0.552. The van der Waals surface area contributed by atoms with Crippen molar-refractivity contribution in [2.75, 3.05) is 11.9 Å². The summed E-state index contributed by atoms with van der Waals surface area (Å²) < 4.78 is 1.79. The number of aliphatic hydroxyl groups is 1. The van der Waals surface area contributed by atoms with Gasteiger partial charge in [0.05, 0.1) is 16.0 Å². The first-order valence-electron chi connectivity index (χ1n) is 7.63. The monoisotopic (exact) mass is 339 g/mol. The van der Waals surface area contributed by atoms with Gasteiger partial charge in [-0.1, -0.05) is 12.1 Å². The van der Waals surface area contributed by atoms with Crippen molar-refractivity contribution in [2.24, 2.45) is 0 Å². The number of benzene rings is 2. The summed E-state index contributed by atoms with van der Waals surface area (Å²) in [6, 6.07) is 13.7. The Kier molecular flexibility index (Phi) is 4.71. The number of hydrogen-bond acceptors (Lipinski definition) is 5. The second-order valence-corrected chi connectivity index (χ2v) is 5.34. The van der Waals surface area contributed by atoms with Gasteiger partial charge in [0, 0.05) is 30.8 Å². The van der Waals surface area contributed by atoms with Gasteiger partial charge in [-0.3, -0.25) is 20.2 Å². The molecule has 127 valence electrons. The summed E-state index contributed by atoms with van der Waals surface area (Å²) in [5, 5.41) is 22.6. The normalized spacial score (nSPS) is 10.8. The van der Waals surface area contributed by atoms with Crippen molar-refractivity contribution in [3.05, 3.63) is 64.2 Å². The largest absolute Gasteiger partial charge is 0.396 e. The second kappa shape index (κ2) is 7.10. The van der Waals surface area contributed by atoms with E-state index in [0.717, 1.165) is 5.52 Å². The van der Waals surface area contributed by atoms with Gasteiger partial charge < -0.3 is 9.67 Å². The van der Waals surface area contributed by atoms with Gasteiger partial charge in [-0.25, -0.2) is 4.98 Å². The van der Waals surface area contributed by atoms with Crippen molar-refractivity contribution in [2.45, 2.75) is 13.0 Å². The van der Waals surface area contributed by atoms with E-state index in [9.17, 15) is 14.9 Å². The fourth-order valence-electron chi connectivity index (χ4n) is 2.50. The molecule has 0 spiro atoms. The summed E-state index contributed by atoms with van der Waals surface area (Å²) in [7, 11) is 0. The van der Waals surface area contributed by atoms with E-state index in [4.69, 9.17) is 5.11 Å². The van der Waals surface area contributed by atoms with Crippen molar-refractivity contribution < 1.29 is 14.8 Å². The molecule has 0 fully saturated rings. The molecule has 1 aromatic heterocycles. The summed E-state index contributed by atoms with van der Waals surface area (Å²) in [6.45, 7) is 0.485. The predicted octanol–water partition coefficient (Wildman–Crippen LogP) is 2.38. The van der Waals surface area contributed by atoms with E-state index in [0.29, 0.717) is 24.4 Å². The lowest BCUT2D eigenvalue weighted by atomic mass is 10.2. The zero-order chi connectivity index (χ0) is 17.8. The molecule has 0 aliphatic carbocycles. The third kappa shape index (κ3) is 3.48. The number of aromatic nitrogens is 2. The Morgan fingerprint density at radius 1 is 1.40 bits per heavy atom. The quantitative estimate of drug-likeness (QED) is 0.529. The van der Waals surface area contributed by atoms with Crippen LogP contribution >= 0.6 is 0 Å². The average molecular weight is 339 g/mol. The first-order valence-corrected chi connectivity index (χ1v) is 7.63. The van der Waals surface area contributed by atoms with E-state index in [-0.39, 0.29) is 17.9 Å². The molecule has 0 saturated carbocycles. The molecule has 3 rings (SSSR count). The van der Waals surface area contributed by atoms with Gasteiger partial charge in [-0.2, -0.15) is 0 Å². The van der Waals surface area contributed by atoms with Gasteiger partial charge in [-0.05, 0) is 30.7 Å². The second-order valence-electron chi connectivity index (χ2n) is 5.34. The van der Waals surface area contributed by atoms with Crippen LogP contribution in [-0.2, 0) is 6.54 Å². The zero-order valence-electron chi connectivity index (χ0n) is 13.2. The molecule has 3 aromatic rings. The van der Waals surface area contributed by atoms with Crippen LogP contribution in [0.2, 0.25) is 0 Å². The topological polar surface area (TPSA) is 110 Å². The molecule has 25 heavy (non-hydrogen) atoms. The van der Waals surface area contributed by atoms with Crippen molar-refractivity contribution in [1.82, 2.24) is 9.55 Å². The number of amides is 1.